The Morgan fingerprint density at radius 2 is 2.00 bits per heavy atom. The molecule has 74 valence electrons. The minimum absolute atomic E-state index is 0.203. The van der Waals surface area contributed by atoms with Crippen LogP contribution in [0.1, 0.15) is 32.1 Å². The molecule has 3 nitrogen and oxygen atoms in total. The summed E-state index contributed by atoms with van der Waals surface area (Å²) in [6.45, 7) is 0.819. The second-order valence-corrected chi connectivity index (χ2v) is 4.09. The molecule has 1 atom stereocenters. The second kappa shape index (κ2) is 3.66. The Morgan fingerprint density at radius 1 is 1.31 bits per heavy atom. The van der Waals surface area contributed by atoms with Crippen molar-refractivity contribution in [1.82, 2.24) is 5.06 Å². The molecule has 0 aromatic heterocycles. The van der Waals surface area contributed by atoms with Crippen LogP contribution in [-0.4, -0.2) is 24.6 Å². The van der Waals surface area contributed by atoms with Gasteiger partial charge in [0.25, 0.3) is 5.91 Å². The van der Waals surface area contributed by atoms with Crippen LogP contribution < -0.4 is 0 Å². The van der Waals surface area contributed by atoms with Gasteiger partial charge in [0.05, 0.1) is 19.6 Å². The first-order valence-electron chi connectivity index (χ1n) is 5.18. The number of carbonyl (C=O) groups excluding carboxylic acids is 1. The molecule has 0 aromatic carbocycles. The predicted octanol–water partition coefficient (Wildman–Crippen LogP) is 1.59. The summed E-state index contributed by atoms with van der Waals surface area (Å²) in [5.41, 5.74) is 0. The number of nitrogens with zero attached hydrogens (tertiary/aromatic N) is 1. The van der Waals surface area contributed by atoms with Gasteiger partial charge in [0.15, 0.2) is 0 Å². The zero-order valence-electron chi connectivity index (χ0n) is 8.16. The summed E-state index contributed by atoms with van der Waals surface area (Å²) in [5.74, 6) is 1.13. The number of hydrogen-bond donors (Lipinski definition) is 0. The monoisotopic (exact) mass is 183 g/mol. The first-order chi connectivity index (χ1) is 6.33. The highest BCUT2D eigenvalue weighted by atomic mass is 16.7. The first-order valence-corrected chi connectivity index (χ1v) is 5.18. The zero-order valence-corrected chi connectivity index (χ0v) is 8.16. The van der Waals surface area contributed by atoms with Crippen LogP contribution in [0.5, 0.6) is 0 Å². The number of rotatable bonds is 2. The van der Waals surface area contributed by atoms with Gasteiger partial charge >= 0.3 is 0 Å². The van der Waals surface area contributed by atoms with Crippen LogP contribution in [0.25, 0.3) is 0 Å². The summed E-state index contributed by atoms with van der Waals surface area (Å²) in [5, 5.41) is 1.47. The van der Waals surface area contributed by atoms with E-state index in [0.29, 0.717) is 5.92 Å². The van der Waals surface area contributed by atoms with E-state index >= 15 is 0 Å². The van der Waals surface area contributed by atoms with Crippen LogP contribution >= 0.6 is 0 Å². The summed E-state index contributed by atoms with van der Waals surface area (Å²) < 4.78 is 0. The van der Waals surface area contributed by atoms with Gasteiger partial charge in [0.2, 0.25) is 0 Å². The highest BCUT2D eigenvalue weighted by molar-refractivity contribution is 5.83. The third-order valence-electron chi connectivity index (χ3n) is 3.36. The van der Waals surface area contributed by atoms with Crippen LogP contribution in [0.3, 0.4) is 0 Å². The topological polar surface area (TPSA) is 29.5 Å². The van der Waals surface area contributed by atoms with Gasteiger partial charge in [0.1, 0.15) is 0 Å². The molecule has 0 N–H and O–H groups in total. The average molecular weight is 183 g/mol. The molecule has 0 bridgehead atoms. The first kappa shape index (κ1) is 9.00. The van der Waals surface area contributed by atoms with Crippen LogP contribution in [0.2, 0.25) is 0 Å². The molecule has 0 aromatic rings. The van der Waals surface area contributed by atoms with Gasteiger partial charge in [-0.3, -0.25) is 9.63 Å². The fourth-order valence-electron chi connectivity index (χ4n) is 2.47. The van der Waals surface area contributed by atoms with E-state index in [0.717, 1.165) is 6.54 Å². The molecule has 0 radical (unpaired) electrons. The third kappa shape index (κ3) is 1.57. The van der Waals surface area contributed by atoms with E-state index < -0.39 is 0 Å². The number of hydrogen-bond acceptors (Lipinski definition) is 2. The number of carbonyl (C=O) groups is 1. The number of β-lactam (4-membered cyclic amide) rings is 1. The van der Waals surface area contributed by atoms with Crippen molar-refractivity contribution in [2.45, 2.75) is 32.1 Å². The van der Waals surface area contributed by atoms with Crippen molar-refractivity contribution in [2.75, 3.05) is 13.7 Å². The smallest absolute Gasteiger partial charge is 0.251 e. The van der Waals surface area contributed by atoms with Crippen molar-refractivity contribution in [3.05, 3.63) is 0 Å². The van der Waals surface area contributed by atoms with Crippen molar-refractivity contribution in [3.8, 4) is 0 Å². The van der Waals surface area contributed by atoms with E-state index in [2.05, 4.69) is 0 Å². The van der Waals surface area contributed by atoms with Crippen molar-refractivity contribution in [1.29, 1.82) is 0 Å². The van der Waals surface area contributed by atoms with Gasteiger partial charge in [-0.05, 0) is 18.8 Å². The van der Waals surface area contributed by atoms with E-state index in [1.54, 1.807) is 7.11 Å². The highest BCUT2D eigenvalue weighted by Crippen LogP contribution is 2.35. The van der Waals surface area contributed by atoms with Crippen molar-refractivity contribution >= 4 is 5.91 Å². The van der Waals surface area contributed by atoms with Gasteiger partial charge in [-0.25, -0.2) is 5.06 Å². The second-order valence-electron chi connectivity index (χ2n) is 4.09. The van der Waals surface area contributed by atoms with Crippen molar-refractivity contribution in [3.63, 3.8) is 0 Å². The summed E-state index contributed by atoms with van der Waals surface area (Å²) >= 11 is 0. The molecule has 13 heavy (non-hydrogen) atoms. The molecular weight excluding hydrogens is 166 g/mol. The SMILES string of the molecule is CON1CC(C2CCCCC2)C1=O. The number of amides is 1. The van der Waals surface area contributed by atoms with E-state index in [1.807, 2.05) is 0 Å². The molecule has 2 fully saturated rings. The lowest BCUT2D eigenvalue weighted by atomic mass is 9.76. The maximum atomic E-state index is 11.5. The Morgan fingerprint density at radius 3 is 2.54 bits per heavy atom. The number of hydroxylamine groups is 2. The third-order valence-corrected chi connectivity index (χ3v) is 3.36. The van der Waals surface area contributed by atoms with E-state index in [-0.39, 0.29) is 11.8 Å². The molecule has 1 aliphatic carbocycles. The molecule has 1 heterocycles. The minimum atomic E-state index is 0.203. The lowest BCUT2D eigenvalue weighted by molar-refractivity contribution is -0.214. The van der Waals surface area contributed by atoms with E-state index in [9.17, 15) is 4.79 Å². The molecule has 1 aliphatic heterocycles. The lowest BCUT2D eigenvalue weighted by Crippen LogP contribution is -2.54. The summed E-state index contributed by atoms with van der Waals surface area (Å²) in [6, 6.07) is 0. The quantitative estimate of drug-likeness (QED) is 0.608. The molecule has 2 rings (SSSR count). The Labute approximate surface area is 79.0 Å². The Kier molecular flexibility index (Phi) is 2.54. The van der Waals surface area contributed by atoms with Crippen LogP contribution in [-0.2, 0) is 9.63 Å². The fourth-order valence-corrected chi connectivity index (χ4v) is 2.47. The van der Waals surface area contributed by atoms with Gasteiger partial charge in [0, 0.05) is 0 Å². The van der Waals surface area contributed by atoms with Gasteiger partial charge in [-0.15, -0.1) is 0 Å². The average Bonchev–Trinajstić information content (AvgIpc) is 2.18. The lowest BCUT2D eigenvalue weighted by Gasteiger charge is -2.41. The summed E-state index contributed by atoms with van der Waals surface area (Å²) in [6.07, 6.45) is 6.45. The highest BCUT2D eigenvalue weighted by Gasteiger charge is 2.42. The largest absolute Gasteiger partial charge is 0.274 e. The Bertz CT molecular complexity index is 199. The maximum Gasteiger partial charge on any atom is 0.251 e. The Balaban J connectivity index is 1.85. The zero-order chi connectivity index (χ0) is 9.26. The molecule has 2 aliphatic rings. The summed E-state index contributed by atoms with van der Waals surface area (Å²) in [7, 11) is 1.56. The van der Waals surface area contributed by atoms with Crippen molar-refractivity contribution < 1.29 is 9.63 Å². The molecule has 0 spiro atoms. The van der Waals surface area contributed by atoms with E-state index in [1.165, 1.54) is 37.2 Å². The molecular formula is C10H17NO2. The molecule has 1 amide bonds. The van der Waals surface area contributed by atoms with Gasteiger partial charge in [-0.1, -0.05) is 19.3 Å². The standard InChI is InChI=1S/C10H17NO2/c1-13-11-7-9(10(11)12)8-5-3-2-4-6-8/h8-9H,2-7H2,1H3. The molecule has 3 heteroatoms. The van der Waals surface area contributed by atoms with Crippen LogP contribution in [0, 0.1) is 11.8 Å². The van der Waals surface area contributed by atoms with Gasteiger partial charge in [-0.2, -0.15) is 0 Å². The van der Waals surface area contributed by atoms with Crippen LogP contribution in [0.4, 0.5) is 0 Å². The molecule has 1 unspecified atom stereocenters. The van der Waals surface area contributed by atoms with Crippen LogP contribution in [0.15, 0.2) is 0 Å². The molecule has 1 saturated carbocycles. The Hall–Kier alpha value is -0.570. The van der Waals surface area contributed by atoms with E-state index in [4.69, 9.17) is 4.84 Å². The minimum Gasteiger partial charge on any atom is -0.274 e. The molecule has 1 saturated heterocycles. The van der Waals surface area contributed by atoms with Gasteiger partial charge < -0.3 is 0 Å². The normalized spacial score (nSPS) is 30.4. The van der Waals surface area contributed by atoms with Crippen molar-refractivity contribution in [2.24, 2.45) is 11.8 Å². The maximum absolute atomic E-state index is 11.5. The summed E-state index contributed by atoms with van der Waals surface area (Å²) in [4.78, 5) is 16.4. The predicted molar refractivity (Wildman–Crippen MR) is 48.8 cm³/mol. The fraction of sp³-hybridized carbons (Fsp3) is 0.900.